The number of nitrogens with zero attached hydrogens (tertiary/aromatic N) is 5. The Balaban J connectivity index is 1.29. The largest absolute Gasteiger partial charge is 0.478 e. The molecule has 2 amide bonds. The lowest BCUT2D eigenvalue weighted by molar-refractivity contribution is -0.136. The molecule has 2 saturated heterocycles. The van der Waals surface area contributed by atoms with Gasteiger partial charge in [0.05, 0.1) is 30.0 Å². The predicted molar refractivity (Wildman–Crippen MR) is 158 cm³/mol. The van der Waals surface area contributed by atoms with Crippen LogP contribution in [0.4, 0.5) is 19.3 Å². The molecule has 0 unspecified atom stereocenters. The number of piperazine rings is 1. The molecule has 3 aliphatic rings. The van der Waals surface area contributed by atoms with Crippen LogP contribution in [0.25, 0.3) is 0 Å². The van der Waals surface area contributed by atoms with E-state index in [1.165, 1.54) is 41.5 Å². The molecular formula is C30H28F2N6O5S. The van der Waals surface area contributed by atoms with E-state index >= 15 is 0 Å². The highest BCUT2D eigenvalue weighted by Gasteiger charge is 2.43. The van der Waals surface area contributed by atoms with Gasteiger partial charge >= 0.3 is 18.0 Å². The smallest absolute Gasteiger partial charge is 0.338 e. The van der Waals surface area contributed by atoms with Crippen LogP contribution in [-0.2, 0) is 9.53 Å². The van der Waals surface area contributed by atoms with Crippen molar-refractivity contribution < 1.29 is 33.0 Å². The van der Waals surface area contributed by atoms with Crippen LogP contribution in [-0.4, -0.2) is 89.6 Å². The van der Waals surface area contributed by atoms with Gasteiger partial charge in [-0.15, -0.1) is 11.3 Å². The first kappa shape index (κ1) is 29.4. The number of ether oxygens (including phenoxy) is 1. The Morgan fingerprint density at radius 1 is 1.16 bits per heavy atom. The zero-order valence-corrected chi connectivity index (χ0v) is 24.6. The number of anilines is 1. The number of thiazole rings is 1. The van der Waals surface area contributed by atoms with Crippen molar-refractivity contribution in [2.75, 3.05) is 44.7 Å². The second kappa shape index (κ2) is 11.8. The van der Waals surface area contributed by atoms with Crippen LogP contribution in [0, 0.1) is 18.6 Å². The summed E-state index contributed by atoms with van der Waals surface area (Å²) in [7, 11) is 1.28. The Kier molecular flexibility index (Phi) is 7.86. The molecule has 1 aromatic heterocycles. The molecule has 0 radical (unpaired) electrons. The molecule has 0 bridgehead atoms. The minimum atomic E-state index is -1.26. The first-order valence-electron chi connectivity index (χ1n) is 13.8. The minimum absolute atomic E-state index is 0.0168. The lowest BCUT2D eigenvalue weighted by atomic mass is 9.92. The van der Waals surface area contributed by atoms with E-state index in [1.54, 1.807) is 35.5 Å². The monoisotopic (exact) mass is 622 g/mol. The molecule has 6 rings (SSSR count). The maximum absolute atomic E-state index is 14.9. The third-order valence-corrected chi connectivity index (χ3v) is 8.85. The molecule has 0 saturated carbocycles. The van der Waals surface area contributed by atoms with E-state index in [1.807, 2.05) is 0 Å². The molecule has 0 aliphatic carbocycles. The minimum Gasteiger partial charge on any atom is -0.478 e. The van der Waals surface area contributed by atoms with Crippen LogP contribution < -0.4 is 10.2 Å². The summed E-state index contributed by atoms with van der Waals surface area (Å²) in [5.41, 5.74) is 1.47. The Hall–Kier alpha value is -4.69. The van der Waals surface area contributed by atoms with Crippen LogP contribution in [0.1, 0.15) is 32.5 Å². The zero-order valence-electron chi connectivity index (χ0n) is 23.8. The van der Waals surface area contributed by atoms with E-state index in [9.17, 15) is 23.2 Å². The molecule has 0 spiro atoms. The molecule has 2 aromatic carbocycles. The molecule has 44 heavy (non-hydrogen) atoms. The second-order valence-electron chi connectivity index (χ2n) is 10.6. The normalized spacial score (nSPS) is 20.4. The van der Waals surface area contributed by atoms with Crippen molar-refractivity contribution in [3.05, 3.63) is 92.6 Å². The average molecular weight is 623 g/mol. The van der Waals surface area contributed by atoms with Gasteiger partial charge in [-0.05, 0) is 42.3 Å². The maximum atomic E-state index is 14.9. The maximum Gasteiger partial charge on any atom is 0.338 e. The highest BCUT2D eigenvalue weighted by molar-refractivity contribution is 7.11. The second-order valence-corrected chi connectivity index (χ2v) is 11.5. The number of nitrogens with one attached hydrogen (secondary N) is 1. The number of aliphatic imine (C=N–C) groups is 1. The van der Waals surface area contributed by atoms with Gasteiger partial charge in [0.15, 0.2) is 10.8 Å². The van der Waals surface area contributed by atoms with E-state index in [-0.39, 0.29) is 42.0 Å². The number of carbonyl (C=O) groups is 3. The Morgan fingerprint density at radius 2 is 1.98 bits per heavy atom. The number of carboxylic acids is 1. The Bertz CT molecular complexity index is 1710. The number of amides is 2. The number of carbonyl (C=O) groups excluding carboxylic acids is 2. The summed E-state index contributed by atoms with van der Waals surface area (Å²) in [6, 6.07) is 6.65. The Labute approximate surface area is 255 Å². The van der Waals surface area contributed by atoms with E-state index in [2.05, 4.69) is 15.2 Å². The fraction of sp³-hybridized carbons (Fsp3) is 0.300. The third kappa shape index (κ3) is 5.30. The van der Waals surface area contributed by atoms with Crippen molar-refractivity contribution in [3.8, 4) is 0 Å². The molecule has 14 heteroatoms. The molecule has 2 atom stereocenters. The summed E-state index contributed by atoms with van der Waals surface area (Å²) in [6.07, 6.45) is 1.64. The number of aromatic carboxylic acids is 1. The van der Waals surface area contributed by atoms with Gasteiger partial charge in [0.2, 0.25) is 0 Å². The summed E-state index contributed by atoms with van der Waals surface area (Å²) in [6.45, 7) is 3.34. The number of esters is 1. The molecule has 3 aliphatic heterocycles. The van der Waals surface area contributed by atoms with Crippen LogP contribution in [0.15, 0.2) is 64.2 Å². The number of hydrogen-bond donors (Lipinski definition) is 2. The van der Waals surface area contributed by atoms with Crippen molar-refractivity contribution in [1.82, 2.24) is 20.1 Å². The van der Waals surface area contributed by atoms with E-state index in [0.29, 0.717) is 47.3 Å². The van der Waals surface area contributed by atoms with Gasteiger partial charge in [0.1, 0.15) is 17.7 Å². The number of benzene rings is 2. The van der Waals surface area contributed by atoms with Crippen molar-refractivity contribution in [2.24, 2.45) is 4.99 Å². The van der Waals surface area contributed by atoms with Gasteiger partial charge in [-0.25, -0.2) is 28.1 Å². The van der Waals surface area contributed by atoms with Crippen molar-refractivity contribution in [1.29, 1.82) is 0 Å². The summed E-state index contributed by atoms with van der Waals surface area (Å²) >= 11 is 1.37. The number of methoxy groups -OCH3 is 1. The van der Waals surface area contributed by atoms with Crippen LogP contribution >= 0.6 is 11.3 Å². The van der Waals surface area contributed by atoms with Gasteiger partial charge in [-0.1, -0.05) is 12.1 Å². The fourth-order valence-corrected chi connectivity index (χ4v) is 6.45. The highest BCUT2D eigenvalue weighted by atomic mass is 32.1. The van der Waals surface area contributed by atoms with Gasteiger partial charge in [0.25, 0.3) is 0 Å². The van der Waals surface area contributed by atoms with Gasteiger partial charge < -0.3 is 20.1 Å². The van der Waals surface area contributed by atoms with E-state index in [0.717, 1.165) is 6.07 Å². The first-order chi connectivity index (χ1) is 21.2. The number of aromatic nitrogens is 1. The number of carboxylic acid groups (broad SMARTS) is 1. The highest BCUT2D eigenvalue weighted by Crippen LogP contribution is 2.36. The van der Waals surface area contributed by atoms with Crippen molar-refractivity contribution in [2.45, 2.75) is 19.0 Å². The summed E-state index contributed by atoms with van der Waals surface area (Å²) in [5, 5.41) is 14.9. The molecular weight excluding hydrogens is 594 g/mol. The average Bonchev–Trinajstić information content (AvgIpc) is 3.66. The fourth-order valence-electron chi connectivity index (χ4n) is 5.86. The molecule has 228 valence electrons. The zero-order chi connectivity index (χ0) is 31.1. The number of amidine groups is 1. The van der Waals surface area contributed by atoms with E-state index in [4.69, 9.17) is 14.8 Å². The topological polar surface area (TPSA) is 128 Å². The lowest BCUT2D eigenvalue weighted by Crippen LogP contribution is -2.53. The van der Waals surface area contributed by atoms with Crippen molar-refractivity contribution in [3.63, 3.8) is 0 Å². The lowest BCUT2D eigenvalue weighted by Gasteiger charge is -2.38. The number of urea groups is 1. The molecule has 4 heterocycles. The van der Waals surface area contributed by atoms with Crippen LogP contribution in [0.3, 0.4) is 0 Å². The number of fused-ring (bicyclic) bond motifs is 1. The number of rotatable bonds is 7. The van der Waals surface area contributed by atoms with E-state index < -0.39 is 29.6 Å². The molecule has 2 N–H and O–H groups in total. The van der Waals surface area contributed by atoms with Crippen LogP contribution in [0.5, 0.6) is 0 Å². The van der Waals surface area contributed by atoms with Gasteiger partial charge in [-0.3, -0.25) is 14.8 Å². The van der Waals surface area contributed by atoms with Gasteiger partial charge in [-0.2, -0.15) is 0 Å². The number of halogens is 2. The molecule has 11 nitrogen and oxygen atoms in total. The SMILES string of the molecule is COC(=O)C1=C(CN2CCN3C(=O)N(c4ccc(C(=O)O)cc4F)C[C@@H]3C2)NC(c2nccs2)=N[C@H]1c1cccc(F)c1C. The predicted octanol–water partition coefficient (Wildman–Crippen LogP) is 3.57. The summed E-state index contributed by atoms with van der Waals surface area (Å²) in [5.74, 6) is -2.63. The van der Waals surface area contributed by atoms with Crippen LogP contribution in [0.2, 0.25) is 0 Å². The standard InChI is InChI=1S/C30H28F2N6O5S/c1-16-19(4-3-5-20(16)31)25-24(29(41)43-2)22(34-26(35-25)27-33-8-11-44-27)15-36-9-10-37-18(13-36)14-38(30(37)42)23-7-6-17(28(39)40)12-21(23)32/h3-8,11-12,18,25H,9-10,13-15H2,1-2H3,(H,34,35)(H,39,40)/t18-,25-/m0/s1. The third-order valence-electron chi connectivity index (χ3n) is 8.07. The Morgan fingerprint density at radius 3 is 2.68 bits per heavy atom. The van der Waals surface area contributed by atoms with Crippen molar-refractivity contribution >= 4 is 40.8 Å². The van der Waals surface area contributed by atoms with Gasteiger partial charge in [0, 0.05) is 50.0 Å². The first-order valence-corrected chi connectivity index (χ1v) is 14.7. The molecule has 2 fully saturated rings. The summed E-state index contributed by atoms with van der Waals surface area (Å²) < 4.78 is 34.7. The summed E-state index contributed by atoms with van der Waals surface area (Å²) in [4.78, 5) is 52.0. The quantitative estimate of drug-likeness (QED) is 0.383. The number of hydrogen-bond acceptors (Lipinski definition) is 9. The molecule has 3 aromatic rings.